The lowest BCUT2D eigenvalue weighted by Gasteiger charge is -2.02. The molecule has 0 atom stereocenters. The number of nitrogens with zero attached hydrogens (tertiary/aromatic N) is 1. The molecule has 0 saturated carbocycles. The van der Waals surface area contributed by atoms with Gasteiger partial charge in [-0.2, -0.15) is 5.10 Å². The maximum Gasteiger partial charge on any atom is 0.154 e. The van der Waals surface area contributed by atoms with Crippen LogP contribution in [0, 0.1) is 9.39 Å². The molecule has 0 aliphatic rings. The highest BCUT2D eigenvalue weighted by Gasteiger charge is 2.14. The molecule has 0 unspecified atom stereocenters. The number of anilines is 1. The number of nitrogen functional groups attached to an aromatic ring is 1. The standard InChI is InChI=1S/C8H7FIN3O/c9-6-3(2-14)1-4(10)5-7(6)12-13-8(5)11/h1,14H,2H2,(H3,11,12,13). The van der Waals surface area contributed by atoms with Crippen LogP contribution >= 0.6 is 22.6 Å². The van der Waals surface area contributed by atoms with Crippen molar-refractivity contribution >= 4 is 39.3 Å². The van der Waals surface area contributed by atoms with Crippen molar-refractivity contribution in [3.63, 3.8) is 0 Å². The smallest absolute Gasteiger partial charge is 0.154 e. The van der Waals surface area contributed by atoms with E-state index in [0.717, 1.165) is 3.57 Å². The highest BCUT2D eigenvalue weighted by Crippen LogP contribution is 2.28. The number of hydrogen-bond acceptors (Lipinski definition) is 3. The van der Waals surface area contributed by atoms with Crippen molar-refractivity contribution in [2.24, 2.45) is 0 Å². The molecule has 74 valence electrons. The van der Waals surface area contributed by atoms with Crippen LogP contribution in [0.4, 0.5) is 10.2 Å². The number of fused-ring (bicyclic) bond motifs is 1. The molecule has 0 bridgehead atoms. The van der Waals surface area contributed by atoms with Gasteiger partial charge in [0.25, 0.3) is 0 Å². The summed E-state index contributed by atoms with van der Waals surface area (Å²) in [5.74, 6) is -0.222. The van der Waals surface area contributed by atoms with Gasteiger partial charge in [0.15, 0.2) is 11.6 Å². The van der Waals surface area contributed by atoms with Gasteiger partial charge in [-0.15, -0.1) is 0 Å². The predicted octanol–water partition coefficient (Wildman–Crippen LogP) is 1.38. The minimum atomic E-state index is -0.493. The van der Waals surface area contributed by atoms with Crippen molar-refractivity contribution in [1.82, 2.24) is 10.2 Å². The molecule has 0 saturated heterocycles. The highest BCUT2D eigenvalue weighted by molar-refractivity contribution is 14.1. The van der Waals surface area contributed by atoms with Gasteiger partial charge in [-0.3, -0.25) is 5.10 Å². The number of halogens is 2. The minimum Gasteiger partial charge on any atom is -0.392 e. The van der Waals surface area contributed by atoms with Gasteiger partial charge >= 0.3 is 0 Å². The molecule has 0 amide bonds. The summed E-state index contributed by atoms with van der Waals surface area (Å²) in [4.78, 5) is 0. The van der Waals surface area contributed by atoms with E-state index >= 15 is 0 Å². The van der Waals surface area contributed by atoms with E-state index in [4.69, 9.17) is 10.8 Å². The molecular formula is C8H7FIN3O. The molecule has 0 aliphatic heterocycles. The Bertz CT molecular complexity index is 497. The Morgan fingerprint density at radius 3 is 3.00 bits per heavy atom. The summed E-state index contributed by atoms with van der Waals surface area (Å²) in [6.07, 6.45) is 0. The summed E-state index contributed by atoms with van der Waals surface area (Å²) in [5.41, 5.74) is 6.05. The van der Waals surface area contributed by atoms with Crippen LogP contribution in [0.1, 0.15) is 5.56 Å². The first kappa shape index (κ1) is 9.66. The van der Waals surface area contributed by atoms with Crippen LogP contribution < -0.4 is 5.73 Å². The van der Waals surface area contributed by atoms with Crippen molar-refractivity contribution < 1.29 is 9.50 Å². The number of aromatic nitrogens is 2. The van der Waals surface area contributed by atoms with Crippen molar-refractivity contribution in [2.75, 3.05) is 5.73 Å². The summed E-state index contributed by atoms with van der Waals surface area (Å²) in [6.45, 7) is -0.337. The number of nitrogens with one attached hydrogen (secondary N) is 1. The van der Waals surface area contributed by atoms with Gasteiger partial charge in [0.05, 0.1) is 12.0 Å². The van der Waals surface area contributed by atoms with Crippen molar-refractivity contribution in [1.29, 1.82) is 0 Å². The Balaban J connectivity index is 2.89. The van der Waals surface area contributed by atoms with E-state index in [9.17, 15) is 4.39 Å². The average Bonchev–Trinajstić information content (AvgIpc) is 2.54. The number of hydrogen-bond donors (Lipinski definition) is 3. The number of aliphatic hydroxyl groups is 1. The van der Waals surface area contributed by atoms with Crippen molar-refractivity contribution in [3.8, 4) is 0 Å². The first-order valence-electron chi connectivity index (χ1n) is 3.86. The van der Waals surface area contributed by atoms with E-state index < -0.39 is 5.82 Å². The predicted molar refractivity (Wildman–Crippen MR) is 59.1 cm³/mol. The van der Waals surface area contributed by atoms with Gasteiger partial charge < -0.3 is 10.8 Å². The Hall–Kier alpha value is -0.890. The van der Waals surface area contributed by atoms with Gasteiger partial charge in [0, 0.05) is 9.13 Å². The Morgan fingerprint density at radius 1 is 1.64 bits per heavy atom. The molecule has 0 fully saturated rings. The van der Waals surface area contributed by atoms with E-state index in [1.807, 2.05) is 22.6 Å². The quantitative estimate of drug-likeness (QED) is 0.697. The van der Waals surface area contributed by atoms with E-state index in [-0.39, 0.29) is 23.5 Å². The number of H-pyrrole nitrogens is 1. The second-order valence-electron chi connectivity index (χ2n) is 2.85. The van der Waals surface area contributed by atoms with E-state index in [2.05, 4.69) is 10.2 Å². The molecular weight excluding hydrogens is 300 g/mol. The van der Waals surface area contributed by atoms with Crippen LogP contribution in [0.15, 0.2) is 6.07 Å². The fourth-order valence-electron chi connectivity index (χ4n) is 1.32. The van der Waals surface area contributed by atoms with E-state index in [1.165, 1.54) is 0 Å². The van der Waals surface area contributed by atoms with Gasteiger partial charge in [0.1, 0.15) is 5.52 Å². The molecule has 14 heavy (non-hydrogen) atoms. The lowest BCUT2D eigenvalue weighted by atomic mass is 10.1. The lowest BCUT2D eigenvalue weighted by Crippen LogP contribution is -1.94. The summed E-state index contributed by atoms with van der Waals surface area (Å²) in [6, 6.07) is 1.56. The Kier molecular flexibility index (Phi) is 2.31. The maximum atomic E-state index is 13.6. The summed E-state index contributed by atoms with van der Waals surface area (Å²) in [5, 5.41) is 15.7. The topological polar surface area (TPSA) is 74.9 Å². The SMILES string of the molecule is Nc1n[nH]c2c(F)c(CO)cc(I)c12. The van der Waals surface area contributed by atoms with Crippen molar-refractivity contribution in [3.05, 3.63) is 21.0 Å². The summed E-state index contributed by atoms with van der Waals surface area (Å²) in [7, 11) is 0. The molecule has 0 spiro atoms. The number of aliphatic hydroxyl groups excluding tert-OH is 1. The molecule has 0 radical (unpaired) electrons. The van der Waals surface area contributed by atoms with Gasteiger partial charge in [-0.05, 0) is 28.7 Å². The van der Waals surface area contributed by atoms with Crippen LogP contribution in [0.2, 0.25) is 0 Å². The molecule has 1 heterocycles. The first-order chi connectivity index (χ1) is 6.65. The summed E-state index contributed by atoms with van der Waals surface area (Å²) >= 11 is 2.03. The van der Waals surface area contributed by atoms with Crippen LogP contribution in [-0.2, 0) is 6.61 Å². The van der Waals surface area contributed by atoms with E-state index in [0.29, 0.717) is 5.39 Å². The Labute approximate surface area is 92.4 Å². The number of rotatable bonds is 1. The second-order valence-corrected chi connectivity index (χ2v) is 4.01. The van der Waals surface area contributed by atoms with Gasteiger partial charge in [-0.25, -0.2) is 4.39 Å². The number of aromatic amines is 1. The number of benzene rings is 1. The van der Waals surface area contributed by atoms with E-state index in [1.54, 1.807) is 6.07 Å². The minimum absolute atomic E-state index is 0.241. The zero-order chi connectivity index (χ0) is 10.3. The fourth-order valence-corrected chi connectivity index (χ4v) is 2.24. The zero-order valence-electron chi connectivity index (χ0n) is 7.01. The third kappa shape index (κ3) is 1.25. The molecule has 1 aromatic carbocycles. The third-order valence-corrected chi connectivity index (χ3v) is 2.86. The van der Waals surface area contributed by atoms with Crippen LogP contribution in [0.25, 0.3) is 10.9 Å². The van der Waals surface area contributed by atoms with Crippen molar-refractivity contribution in [2.45, 2.75) is 6.61 Å². The van der Waals surface area contributed by atoms with Gasteiger partial charge in [-0.1, -0.05) is 0 Å². The largest absolute Gasteiger partial charge is 0.392 e. The van der Waals surface area contributed by atoms with Crippen LogP contribution in [0.3, 0.4) is 0 Å². The molecule has 2 rings (SSSR count). The average molecular weight is 307 g/mol. The van der Waals surface area contributed by atoms with Crippen LogP contribution in [0.5, 0.6) is 0 Å². The monoisotopic (exact) mass is 307 g/mol. The fraction of sp³-hybridized carbons (Fsp3) is 0.125. The molecule has 6 heteroatoms. The Morgan fingerprint density at radius 2 is 2.36 bits per heavy atom. The number of nitrogens with two attached hydrogens (primary N) is 1. The summed E-state index contributed by atoms with van der Waals surface area (Å²) < 4.78 is 14.3. The molecule has 2 aromatic rings. The first-order valence-corrected chi connectivity index (χ1v) is 4.94. The molecule has 0 aliphatic carbocycles. The maximum absolute atomic E-state index is 13.6. The molecule has 4 N–H and O–H groups in total. The molecule has 1 aromatic heterocycles. The van der Waals surface area contributed by atoms with Crippen LogP contribution in [-0.4, -0.2) is 15.3 Å². The zero-order valence-corrected chi connectivity index (χ0v) is 9.17. The lowest BCUT2D eigenvalue weighted by molar-refractivity contribution is 0.276. The normalized spacial score (nSPS) is 11.1. The highest BCUT2D eigenvalue weighted by atomic mass is 127. The molecule has 4 nitrogen and oxygen atoms in total. The third-order valence-electron chi connectivity index (χ3n) is 2.01. The second kappa shape index (κ2) is 3.35. The van der Waals surface area contributed by atoms with Gasteiger partial charge in [0.2, 0.25) is 0 Å².